The molecule has 0 saturated heterocycles. The molecule has 3 rings (SSSR count). The normalized spacial score (nSPS) is 10.9. The van der Waals surface area contributed by atoms with Crippen molar-refractivity contribution in [3.63, 3.8) is 0 Å². The zero-order chi connectivity index (χ0) is 14.7. The lowest BCUT2D eigenvalue weighted by atomic mass is 10.2. The lowest BCUT2D eigenvalue weighted by Crippen LogP contribution is -2.24. The van der Waals surface area contributed by atoms with Crippen molar-refractivity contribution in [1.29, 1.82) is 0 Å². The Kier molecular flexibility index (Phi) is 4.01. The van der Waals surface area contributed by atoms with Gasteiger partial charge < -0.3 is 10.6 Å². The summed E-state index contributed by atoms with van der Waals surface area (Å²) in [7, 11) is 0. The predicted molar refractivity (Wildman–Crippen MR) is 89.6 cm³/mol. The summed E-state index contributed by atoms with van der Waals surface area (Å²) in [5.41, 5.74) is 8.89. The number of nitrogen functional groups attached to an aromatic ring is 1. The number of hydrogen-bond acceptors (Lipinski definition) is 5. The summed E-state index contributed by atoms with van der Waals surface area (Å²) in [6, 6.07) is 10.1. The first-order valence-electron chi connectivity index (χ1n) is 7.05. The summed E-state index contributed by atoms with van der Waals surface area (Å²) in [5.74, 6) is 1.01. The van der Waals surface area contributed by atoms with E-state index in [-0.39, 0.29) is 0 Å². The number of nitrogens with zero attached hydrogens (tertiary/aromatic N) is 3. The van der Waals surface area contributed by atoms with Gasteiger partial charge in [-0.25, -0.2) is 9.97 Å². The molecule has 5 heteroatoms. The van der Waals surface area contributed by atoms with Gasteiger partial charge in [0, 0.05) is 18.8 Å². The molecule has 0 spiro atoms. The van der Waals surface area contributed by atoms with Crippen LogP contribution in [0.5, 0.6) is 0 Å². The minimum Gasteiger partial charge on any atom is -0.399 e. The van der Waals surface area contributed by atoms with E-state index < -0.39 is 0 Å². The van der Waals surface area contributed by atoms with Gasteiger partial charge in [0.1, 0.15) is 12.1 Å². The lowest BCUT2D eigenvalue weighted by Gasteiger charge is -2.23. The molecular weight excluding hydrogens is 280 g/mol. The van der Waals surface area contributed by atoms with Crippen LogP contribution in [0.15, 0.2) is 42.0 Å². The SMILES string of the molecule is CCCN(Cc1cccc(N)c1)c1ncnc2ccsc12. The van der Waals surface area contributed by atoms with Crippen LogP contribution in [0.4, 0.5) is 11.5 Å². The molecular formula is C16H18N4S. The molecule has 0 bridgehead atoms. The van der Waals surface area contributed by atoms with Gasteiger partial charge >= 0.3 is 0 Å². The molecule has 2 heterocycles. The van der Waals surface area contributed by atoms with Crippen molar-refractivity contribution in [3.05, 3.63) is 47.6 Å². The molecule has 108 valence electrons. The number of hydrogen-bond donors (Lipinski definition) is 1. The third kappa shape index (κ3) is 2.97. The molecule has 0 aliphatic carbocycles. The fourth-order valence-corrected chi connectivity index (χ4v) is 3.30. The minimum absolute atomic E-state index is 0.799. The van der Waals surface area contributed by atoms with Crippen molar-refractivity contribution in [2.75, 3.05) is 17.2 Å². The van der Waals surface area contributed by atoms with Crippen molar-refractivity contribution in [1.82, 2.24) is 9.97 Å². The van der Waals surface area contributed by atoms with Gasteiger partial charge in [-0.3, -0.25) is 0 Å². The fraction of sp³-hybridized carbons (Fsp3) is 0.250. The molecule has 0 saturated carbocycles. The highest BCUT2D eigenvalue weighted by Gasteiger charge is 2.13. The second kappa shape index (κ2) is 6.10. The molecule has 0 aliphatic rings. The monoisotopic (exact) mass is 298 g/mol. The van der Waals surface area contributed by atoms with E-state index in [1.165, 1.54) is 5.56 Å². The third-order valence-corrected chi connectivity index (χ3v) is 4.24. The first-order valence-corrected chi connectivity index (χ1v) is 7.93. The Balaban J connectivity index is 1.96. The summed E-state index contributed by atoms with van der Waals surface area (Å²) in [5, 5.41) is 2.06. The highest BCUT2D eigenvalue weighted by molar-refractivity contribution is 7.17. The number of rotatable bonds is 5. The largest absolute Gasteiger partial charge is 0.399 e. The van der Waals surface area contributed by atoms with E-state index in [1.54, 1.807) is 17.7 Å². The lowest BCUT2D eigenvalue weighted by molar-refractivity contribution is 0.758. The number of fused-ring (bicyclic) bond motifs is 1. The Hall–Kier alpha value is -2.14. The van der Waals surface area contributed by atoms with Crippen LogP contribution in [-0.4, -0.2) is 16.5 Å². The number of nitrogens with two attached hydrogens (primary N) is 1. The van der Waals surface area contributed by atoms with Crippen LogP contribution in [0.3, 0.4) is 0 Å². The maximum absolute atomic E-state index is 5.88. The Morgan fingerprint density at radius 1 is 1.24 bits per heavy atom. The van der Waals surface area contributed by atoms with Gasteiger partial charge in [-0.2, -0.15) is 0 Å². The van der Waals surface area contributed by atoms with Gasteiger partial charge in [0.2, 0.25) is 0 Å². The summed E-state index contributed by atoms with van der Waals surface area (Å²) in [6.45, 7) is 3.95. The zero-order valence-corrected chi connectivity index (χ0v) is 12.8. The number of benzene rings is 1. The highest BCUT2D eigenvalue weighted by atomic mass is 32.1. The molecule has 4 nitrogen and oxygen atoms in total. The quantitative estimate of drug-likeness (QED) is 0.730. The van der Waals surface area contributed by atoms with Crippen LogP contribution in [0, 0.1) is 0 Å². The van der Waals surface area contributed by atoms with Crippen molar-refractivity contribution in [2.24, 2.45) is 0 Å². The van der Waals surface area contributed by atoms with E-state index in [9.17, 15) is 0 Å². The first-order chi connectivity index (χ1) is 10.3. The van der Waals surface area contributed by atoms with Gasteiger partial charge in [-0.15, -0.1) is 11.3 Å². The summed E-state index contributed by atoms with van der Waals surface area (Å²) in [4.78, 5) is 11.1. The molecule has 3 aromatic rings. The number of thiophene rings is 1. The average molecular weight is 298 g/mol. The molecule has 1 aromatic carbocycles. The molecule has 21 heavy (non-hydrogen) atoms. The molecule has 0 atom stereocenters. The van der Waals surface area contributed by atoms with Crippen LogP contribution in [-0.2, 0) is 6.54 Å². The summed E-state index contributed by atoms with van der Waals surface area (Å²) in [6.07, 6.45) is 2.71. The number of anilines is 2. The topological polar surface area (TPSA) is 55.0 Å². The highest BCUT2D eigenvalue weighted by Crippen LogP contribution is 2.29. The Morgan fingerprint density at radius 3 is 2.95 bits per heavy atom. The van der Waals surface area contributed by atoms with Crippen molar-refractivity contribution in [3.8, 4) is 0 Å². The van der Waals surface area contributed by atoms with Crippen molar-refractivity contribution in [2.45, 2.75) is 19.9 Å². The van der Waals surface area contributed by atoms with Gasteiger partial charge in [-0.1, -0.05) is 19.1 Å². The van der Waals surface area contributed by atoms with E-state index >= 15 is 0 Å². The minimum atomic E-state index is 0.799. The molecule has 2 aromatic heterocycles. The predicted octanol–water partition coefficient (Wildman–Crippen LogP) is 3.69. The van der Waals surface area contributed by atoms with Crippen molar-refractivity contribution < 1.29 is 0 Å². The van der Waals surface area contributed by atoms with Crippen LogP contribution >= 0.6 is 11.3 Å². The van der Waals surface area contributed by atoms with Crippen LogP contribution in [0.25, 0.3) is 10.2 Å². The Morgan fingerprint density at radius 2 is 2.14 bits per heavy atom. The Bertz CT molecular complexity index is 738. The van der Waals surface area contributed by atoms with Crippen LogP contribution in [0.2, 0.25) is 0 Å². The first kappa shape index (κ1) is 13.8. The number of aromatic nitrogens is 2. The smallest absolute Gasteiger partial charge is 0.150 e. The van der Waals surface area contributed by atoms with E-state index in [2.05, 4.69) is 33.2 Å². The maximum atomic E-state index is 5.88. The average Bonchev–Trinajstić information content (AvgIpc) is 2.95. The second-order valence-corrected chi connectivity index (χ2v) is 5.91. The van der Waals surface area contributed by atoms with E-state index in [0.29, 0.717) is 0 Å². The molecule has 0 amide bonds. The Labute approximate surface area is 128 Å². The van der Waals surface area contributed by atoms with Gasteiger partial charge in [0.25, 0.3) is 0 Å². The second-order valence-electron chi connectivity index (χ2n) is 5.00. The molecule has 0 radical (unpaired) electrons. The zero-order valence-electron chi connectivity index (χ0n) is 12.0. The van der Waals surface area contributed by atoms with Gasteiger partial charge in [0.05, 0.1) is 10.2 Å². The fourth-order valence-electron chi connectivity index (χ4n) is 2.44. The van der Waals surface area contributed by atoms with E-state index in [0.717, 1.165) is 41.2 Å². The van der Waals surface area contributed by atoms with E-state index in [4.69, 9.17) is 5.73 Å². The van der Waals surface area contributed by atoms with Crippen molar-refractivity contribution >= 4 is 33.1 Å². The summed E-state index contributed by atoms with van der Waals surface area (Å²) >= 11 is 1.69. The van der Waals surface area contributed by atoms with E-state index in [1.807, 2.05) is 24.3 Å². The molecule has 0 aliphatic heterocycles. The standard InChI is InChI=1S/C16H18N4S/c1-2-7-20(10-12-4-3-5-13(17)9-12)16-15-14(6-8-21-15)18-11-19-16/h3-6,8-9,11H,2,7,10,17H2,1H3. The summed E-state index contributed by atoms with van der Waals surface area (Å²) < 4.78 is 1.15. The van der Waals surface area contributed by atoms with Crippen LogP contribution < -0.4 is 10.6 Å². The van der Waals surface area contributed by atoms with Crippen LogP contribution in [0.1, 0.15) is 18.9 Å². The van der Waals surface area contributed by atoms with Gasteiger partial charge in [0.15, 0.2) is 0 Å². The molecule has 0 fully saturated rings. The van der Waals surface area contributed by atoms with Gasteiger partial charge in [-0.05, 0) is 35.6 Å². The molecule has 2 N–H and O–H groups in total. The maximum Gasteiger partial charge on any atom is 0.150 e. The third-order valence-electron chi connectivity index (χ3n) is 3.34. The molecule has 0 unspecified atom stereocenters.